The molecule has 0 atom stereocenters. The number of hydrogen-bond donors (Lipinski definition) is 2. The van der Waals surface area contributed by atoms with Crippen LogP contribution in [0.4, 0.5) is 13.2 Å². The minimum Gasteiger partial charge on any atom is -0.480 e. The fourth-order valence-electron chi connectivity index (χ4n) is 0.865. The molecule has 0 heterocycles. The van der Waals surface area contributed by atoms with Gasteiger partial charge in [-0.05, 0) is 0 Å². The van der Waals surface area contributed by atoms with Crippen molar-refractivity contribution in [3.8, 4) is 0 Å². The Labute approximate surface area is 94.4 Å². The van der Waals surface area contributed by atoms with E-state index in [2.05, 4.69) is 0 Å². The zero-order valence-corrected chi connectivity index (χ0v) is 8.87. The standard InChI is InChI=1S/C8H11F3N2O4/c1-13(4-6(15)16)5(14)2-3-12-7(17)8(9,10)11/h2-4H2,1H3,(H,12,17)(H,15,16). The van der Waals surface area contributed by atoms with Crippen LogP contribution in [-0.4, -0.2) is 54.1 Å². The normalized spacial score (nSPS) is 10.8. The maximum atomic E-state index is 11.7. The van der Waals surface area contributed by atoms with Gasteiger partial charge in [-0.3, -0.25) is 14.4 Å². The van der Waals surface area contributed by atoms with Gasteiger partial charge in [0.05, 0.1) is 0 Å². The Bertz CT molecular complexity index is 316. The zero-order valence-electron chi connectivity index (χ0n) is 8.87. The summed E-state index contributed by atoms with van der Waals surface area (Å²) in [5.74, 6) is -4.04. The molecule has 0 rings (SSSR count). The summed E-state index contributed by atoms with van der Waals surface area (Å²) in [5, 5.41) is 9.84. The van der Waals surface area contributed by atoms with E-state index in [4.69, 9.17) is 5.11 Å². The van der Waals surface area contributed by atoms with Crippen LogP contribution in [0.15, 0.2) is 0 Å². The van der Waals surface area contributed by atoms with Gasteiger partial charge in [-0.2, -0.15) is 13.2 Å². The summed E-state index contributed by atoms with van der Waals surface area (Å²) in [6.45, 7) is -1.05. The van der Waals surface area contributed by atoms with Crippen LogP contribution < -0.4 is 5.32 Å². The molecule has 0 unspecified atom stereocenters. The summed E-state index contributed by atoms with van der Waals surface area (Å²) in [5.41, 5.74) is 0. The lowest BCUT2D eigenvalue weighted by atomic mass is 10.3. The van der Waals surface area contributed by atoms with Gasteiger partial charge in [-0.1, -0.05) is 0 Å². The second kappa shape index (κ2) is 6.06. The van der Waals surface area contributed by atoms with Crippen LogP contribution >= 0.6 is 0 Å². The van der Waals surface area contributed by atoms with Gasteiger partial charge in [-0.25, -0.2) is 0 Å². The van der Waals surface area contributed by atoms with E-state index in [0.717, 1.165) is 4.90 Å². The molecule has 17 heavy (non-hydrogen) atoms. The molecular formula is C8H11F3N2O4. The topological polar surface area (TPSA) is 86.7 Å². The molecule has 98 valence electrons. The Morgan fingerprint density at radius 2 is 1.82 bits per heavy atom. The minimum atomic E-state index is -4.99. The second-order valence-electron chi connectivity index (χ2n) is 3.15. The van der Waals surface area contributed by atoms with Crippen LogP contribution in [0.5, 0.6) is 0 Å². The van der Waals surface area contributed by atoms with E-state index in [9.17, 15) is 27.6 Å². The smallest absolute Gasteiger partial charge is 0.471 e. The summed E-state index contributed by atoms with van der Waals surface area (Å²) >= 11 is 0. The third-order valence-corrected chi connectivity index (χ3v) is 1.68. The van der Waals surface area contributed by atoms with E-state index in [0.29, 0.717) is 0 Å². The van der Waals surface area contributed by atoms with Crippen LogP contribution in [-0.2, 0) is 14.4 Å². The van der Waals surface area contributed by atoms with Crippen molar-refractivity contribution >= 4 is 17.8 Å². The van der Waals surface area contributed by atoms with Gasteiger partial charge in [0, 0.05) is 20.0 Å². The lowest BCUT2D eigenvalue weighted by Crippen LogP contribution is -2.39. The summed E-state index contributed by atoms with van der Waals surface area (Å²) in [7, 11) is 1.20. The van der Waals surface area contributed by atoms with Gasteiger partial charge in [0.25, 0.3) is 0 Å². The highest BCUT2D eigenvalue weighted by Crippen LogP contribution is 2.13. The van der Waals surface area contributed by atoms with Gasteiger partial charge in [-0.15, -0.1) is 0 Å². The largest absolute Gasteiger partial charge is 0.480 e. The first-order chi connectivity index (χ1) is 7.64. The van der Waals surface area contributed by atoms with E-state index in [1.54, 1.807) is 0 Å². The average Bonchev–Trinajstić information content (AvgIpc) is 2.14. The fourth-order valence-corrected chi connectivity index (χ4v) is 0.865. The molecule has 0 saturated carbocycles. The predicted molar refractivity (Wildman–Crippen MR) is 49.0 cm³/mol. The van der Waals surface area contributed by atoms with E-state index in [-0.39, 0.29) is 0 Å². The lowest BCUT2D eigenvalue weighted by Gasteiger charge is -2.14. The summed E-state index contributed by atoms with van der Waals surface area (Å²) < 4.78 is 35.2. The van der Waals surface area contributed by atoms with Crippen molar-refractivity contribution in [1.29, 1.82) is 0 Å². The number of halogens is 3. The van der Waals surface area contributed by atoms with Crippen LogP contribution in [0.2, 0.25) is 0 Å². The van der Waals surface area contributed by atoms with E-state index >= 15 is 0 Å². The Kier molecular flexibility index (Phi) is 5.42. The van der Waals surface area contributed by atoms with Crippen molar-refractivity contribution in [2.24, 2.45) is 0 Å². The number of rotatable bonds is 5. The Morgan fingerprint density at radius 1 is 1.29 bits per heavy atom. The average molecular weight is 256 g/mol. The SMILES string of the molecule is CN(CC(=O)O)C(=O)CCNC(=O)C(F)(F)F. The summed E-state index contributed by atoms with van der Waals surface area (Å²) in [6.07, 6.45) is -5.39. The molecule has 0 aromatic rings. The number of carboxylic acid groups (broad SMARTS) is 1. The van der Waals surface area contributed by atoms with Crippen molar-refractivity contribution in [2.75, 3.05) is 20.1 Å². The van der Waals surface area contributed by atoms with Crippen molar-refractivity contribution < 1.29 is 32.7 Å². The second-order valence-corrected chi connectivity index (χ2v) is 3.15. The zero-order chi connectivity index (χ0) is 13.6. The summed E-state index contributed by atoms with van der Waals surface area (Å²) in [6, 6.07) is 0. The van der Waals surface area contributed by atoms with Gasteiger partial charge >= 0.3 is 18.1 Å². The molecule has 2 amide bonds. The molecule has 2 N–H and O–H groups in total. The molecular weight excluding hydrogens is 245 g/mol. The highest BCUT2D eigenvalue weighted by Gasteiger charge is 2.38. The number of carboxylic acids is 1. The first-order valence-electron chi connectivity index (χ1n) is 4.45. The highest BCUT2D eigenvalue weighted by molar-refractivity contribution is 5.83. The molecule has 0 saturated heterocycles. The molecule has 0 aliphatic carbocycles. The summed E-state index contributed by atoms with van der Waals surface area (Å²) in [4.78, 5) is 32.5. The maximum Gasteiger partial charge on any atom is 0.471 e. The number of likely N-dealkylation sites (N-methyl/N-ethyl adjacent to an activating group) is 1. The Morgan fingerprint density at radius 3 is 2.24 bits per heavy atom. The van der Waals surface area contributed by atoms with Crippen LogP contribution in [0.25, 0.3) is 0 Å². The minimum absolute atomic E-state index is 0.397. The van der Waals surface area contributed by atoms with Crippen molar-refractivity contribution in [1.82, 2.24) is 10.2 Å². The number of nitrogens with zero attached hydrogens (tertiary/aromatic N) is 1. The molecule has 0 aliphatic heterocycles. The Balaban J connectivity index is 3.94. The molecule has 0 aliphatic rings. The quantitative estimate of drug-likeness (QED) is 0.700. The van der Waals surface area contributed by atoms with Gasteiger partial charge in [0.15, 0.2) is 0 Å². The van der Waals surface area contributed by atoms with Gasteiger partial charge in [0.2, 0.25) is 5.91 Å². The first-order valence-corrected chi connectivity index (χ1v) is 4.45. The molecule has 9 heteroatoms. The number of hydrogen-bond acceptors (Lipinski definition) is 3. The predicted octanol–water partition coefficient (Wildman–Crippen LogP) is -0.402. The molecule has 0 spiro atoms. The van der Waals surface area contributed by atoms with Crippen molar-refractivity contribution in [3.05, 3.63) is 0 Å². The molecule has 0 radical (unpaired) electrons. The van der Waals surface area contributed by atoms with Crippen molar-refractivity contribution in [3.63, 3.8) is 0 Å². The van der Waals surface area contributed by atoms with E-state index in [1.165, 1.54) is 12.4 Å². The van der Waals surface area contributed by atoms with Crippen LogP contribution in [0, 0.1) is 0 Å². The van der Waals surface area contributed by atoms with E-state index < -0.39 is 43.5 Å². The number of alkyl halides is 3. The number of carbonyl (C=O) groups is 3. The molecule has 0 fully saturated rings. The Hall–Kier alpha value is -1.80. The first kappa shape index (κ1) is 15.2. The van der Waals surface area contributed by atoms with Gasteiger partial charge in [0.1, 0.15) is 6.54 Å². The van der Waals surface area contributed by atoms with E-state index in [1.807, 2.05) is 0 Å². The van der Waals surface area contributed by atoms with Gasteiger partial charge < -0.3 is 15.3 Å². The lowest BCUT2D eigenvalue weighted by molar-refractivity contribution is -0.173. The number of aliphatic carboxylic acids is 1. The molecule has 0 bridgehead atoms. The maximum absolute atomic E-state index is 11.7. The third kappa shape index (κ3) is 6.38. The number of nitrogens with one attached hydrogen (secondary N) is 1. The molecule has 6 nitrogen and oxygen atoms in total. The van der Waals surface area contributed by atoms with Crippen molar-refractivity contribution in [2.45, 2.75) is 12.6 Å². The molecule has 0 aromatic heterocycles. The highest BCUT2D eigenvalue weighted by atomic mass is 19.4. The fraction of sp³-hybridized carbons (Fsp3) is 0.625. The third-order valence-electron chi connectivity index (χ3n) is 1.68. The van der Waals surface area contributed by atoms with Crippen LogP contribution in [0.1, 0.15) is 6.42 Å². The molecule has 0 aromatic carbocycles. The number of amides is 2. The number of carbonyl (C=O) groups excluding carboxylic acids is 2. The van der Waals surface area contributed by atoms with Crippen LogP contribution in [0.3, 0.4) is 0 Å². The monoisotopic (exact) mass is 256 g/mol.